The van der Waals surface area contributed by atoms with Crippen LogP contribution in [0.2, 0.25) is 5.02 Å². The van der Waals surface area contributed by atoms with E-state index in [1.165, 1.54) is 24.3 Å². The van der Waals surface area contributed by atoms with Gasteiger partial charge in [-0.2, -0.15) is 0 Å². The third-order valence-corrected chi connectivity index (χ3v) is 4.16. The van der Waals surface area contributed by atoms with Crippen molar-refractivity contribution in [1.82, 2.24) is 10.5 Å². The summed E-state index contributed by atoms with van der Waals surface area (Å²) in [5.74, 6) is 0.224. The zero-order chi connectivity index (χ0) is 18.5. The number of hydrogen-bond donors (Lipinski definition) is 1. The van der Waals surface area contributed by atoms with E-state index in [1.807, 2.05) is 18.2 Å². The highest BCUT2D eigenvalue weighted by Crippen LogP contribution is 2.19. The first kappa shape index (κ1) is 17.9. The molecule has 1 N–H and O–H groups in total. The Bertz CT molecular complexity index is 909. The van der Waals surface area contributed by atoms with E-state index in [0.29, 0.717) is 22.1 Å². The van der Waals surface area contributed by atoms with Crippen LogP contribution in [-0.2, 0) is 13.2 Å². The second kappa shape index (κ2) is 8.01. The van der Waals surface area contributed by atoms with Crippen molar-refractivity contribution in [3.8, 4) is 5.75 Å². The zero-order valence-corrected chi connectivity index (χ0v) is 14.7. The highest BCUT2D eigenvalue weighted by Gasteiger charge is 2.20. The molecule has 0 saturated carbocycles. The Morgan fingerprint density at radius 3 is 2.69 bits per heavy atom. The summed E-state index contributed by atoms with van der Waals surface area (Å²) in [7, 11) is 0. The molecule has 5 nitrogen and oxygen atoms in total. The van der Waals surface area contributed by atoms with Crippen molar-refractivity contribution >= 4 is 17.5 Å². The molecule has 0 aliphatic rings. The largest absolute Gasteiger partial charge is 0.489 e. The molecule has 0 radical (unpaired) electrons. The van der Waals surface area contributed by atoms with E-state index in [-0.39, 0.29) is 30.6 Å². The van der Waals surface area contributed by atoms with Crippen LogP contribution >= 0.6 is 11.6 Å². The lowest BCUT2D eigenvalue weighted by Crippen LogP contribution is -2.24. The molecule has 0 saturated heterocycles. The maximum absolute atomic E-state index is 12.9. The van der Waals surface area contributed by atoms with Gasteiger partial charge >= 0.3 is 0 Å². The number of hydrogen-bond acceptors (Lipinski definition) is 4. The van der Waals surface area contributed by atoms with Gasteiger partial charge in [-0.1, -0.05) is 35.0 Å². The summed E-state index contributed by atoms with van der Waals surface area (Å²) >= 11 is 6.09. The van der Waals surface area contributed by atoms with E-state index in [0.717, 1.165) is 5.56 Å². The third kappa shape index (κ3) is 4.21. The number of carbonyl (C=O) groups excluding carboxylic acids is 1. The number of aryl methyl sites for hydroxylation is 1. The number of benzene rings is 2. The predicted molar refractivity (Wildman–Crippen MR) is 94.6 cm³/mol. The summed E-state index contributed by atoms with van der Waals surface area (Å²) in [6.45, 7) is 2.04. The van der Waals surface area contributed by atoms with Gasteiger partial charge in [0.25, 0.3) is 5.91 Å². The number of ether oxygens (including phenoxy) is 1. The fourth-order valence-corrected chi connectivity index (χ4v) is 2.53. The van der Waals surface area contributed by atoms with Gasteiger partial charge in [0.2, 0.25) is 0 Å². The average Bonchev–Trinajstić information content (AvgIpc) is 3.01. The fourth-order valence-electron chi connectivity index (χ4n) is 2.33. The van der Waals surface area contributed by atoms with Crippen molar-refractivity contribution in [2.45, 2.75) is 20.1 Å². The quantitative estimate of drug-likeness (QED) is 0.699. The lowest BCUT2D eigenvalue weighted by atomic mass is 10.2. The Labute approximate surface area is 154 Å². The van der Waals surface area contributed by atoms with Gasteiger partial charge in [0.05, 0.1) is 5.56 Å². The topological polar surface area (TPSA) is 64.4 Å². The van der Waals surface area contributed by atoms with Gasteiger partial charge < -0.3 is 14.6 Å². The molecule has 1 heterocycles. The number of nitrogens with zero attached hydrogens (tertiary/aromatic N) is 1. The highest BCUT2D eigenvalue weighted by atomic mass is 35.5. The normalized spacial score (nSPS) is 10.6. The second-order valence-corrected chi connectivity index (χ2v) is 5.99. The standard InChI is InChI=1S/C19H16ClFN2O3/c1-12-16(11-25-15-8-6-14(21)7-9-15)18(23-26-12)19(24)22-10-13-4-2-3-5-17(13)20/h2-9H,10-11H2,1H3,(H,22,24). The fraction of sp³-hybridized carbons (Fsp3) is 0.158. The minimum Gasteiger partial charge on any atom is -0.489 e. The van der Waals surface area contributed by atoms with Crippen molar-refractivity contribution in [2.75, 3.05) is 0 Å². The van der Waals surface area contributed by atoms with Gasteiger partial charge in [0.1, 0.15) is 23.9 Å². The molecule has 0 aliphatic heterocycles. The highest BCUT2D eigenvalue weighted by molar-refractivity contribution is 6.31. The Balaban J connectivity index is 1.67. The van der Waals surface area contributed by atoms with Gasteiger partial charge in [0.15, 0.2) is 5.69 Å². The van der Waals surface area contributed by atoms with Crippen LogP contribution in [0.3, 0.4) is 0 Å². The summed E-state index contributed by atoms with van der Waals surface area (Å²) in [6, 6.07) is 12.9. The summed E-state index contributed by atoms with van der Waals surface area (Å²) < 4.78 is 23.7. The van der Waals surface area contributed by atoms with E-state index in [4.69, 9.17) is 20.9 Å². The Hall–Kier alpha value is -2.86. The molecule has 3 aromatic rings. The first-order valence-electron chi connectivity index (χ1n) is 7.89. The summed E-state index contributed by atoms with van der Waals surface area (Å²) in [4.78, 5) is 12.4. The van der Waals surface area contributed by atoms with Gasteiger partial charge in [0, 0.05) is 11.6 Å². The lowest BCUT2D eigenvalue weighted by Gasteiger charge is -2.08. The predicted octanol–water partition coefficient (Wildman–Crippen LogP) is 4.28. The number of nitrogens with one attached hydrogen (secondary N) is 1. The van der Waals surface area contributed by atoms with Crippen LogP contribution in [0.4, 0.5) is 4.39 Å². The molecule has 1 amide bonds. The monoisotopic (exact) mass is 374 g/mol. The van der Waals surface area contributed by atoms with E-state index in [9.17, 15) is 9.18 Å². The van der Waals surface area contributed by atoms with Gasteiger partial charge in [-0.25, -0.2) is 4.39 Å². The Morgan fingerprint density at radius 2 is 1.96 bits per heavy atom. The second-order valence-electron chi connectivity index (χ2n) is 5.58. The minimum absolute atomic E-state index is 0.0792. The summed E-state index contributed by atoms with van der Waals surface area (Å²) in [5.41, 5.74) is 1.48. The molecule has 0 fully saturated rings. The van der Waals surface area contributed by atoms with Gasteiger partial charge in [-0.3, -0.25) is 4.79 Å². The SMILES string of the molecule is Cc1onc(C(=O)NCc2ccccc2Cl)c1COc1ccc(F)cc1. The molecule has 3 rings (SSSR count). The van der Waals surface area contributed by atoms with Crippen molar-refractivity contribution in [3.63, 3.8) is 0 Å². The molecule has 7 heteroatoms. The van der Waals surface area contributed by atoms with Crippen LogP contribution in [0.1, 0.15) is 27.4 Å². The van der Waals surface area contributed by atoms with Crippen molar-refractivity contribution in [3.05, 3.63) is 82.0 Å². The Kier molecular flexibility index (Phi) is 5.53. The van der Waals surface area contributed by atoms with Crippen LogP contribution in [0.15, 0.2) is 53.1 Å². The van der Waals surface area contributed by atoms with Crippen LogP contribution in [0.5, 0.6) is 5.75 Å². The number of amides is 1. The van der Waals surface area contributed by atoms with Crippen LogP contribution in [0, 0.1) is 12.7 Å². The first-order chi connectivity index (χ1) is 12.5. The van der Waals surface area contributed by atoms with Gasteiger partial charge in [-0.05, 0) is 42.8 Å². The molecule has 134 valence electrons. The zero-order valence-electron chi connectivity index (χ0n) is 14.0. The molecule has 0 aliphatic carbocycles. The molecular weight excluding hydrogens is 359 g/mol. The summed E-state index contributed by atoms with van der Waals surface area (Å²) in [5, 5.41) is 7.15. The number of rotatable bonds is 6. The molecule has 1 aromatic heterocycles. The van der Waals surface area contributed by atoms with E-state index >= 15 is 0 Å². The maximum Gasteiger partial charge on any atom is 0.274 e. The third-order valence-electron chi connectivity index (χ3n) is 3.79. The van der Waals surface area contributed by atoms with E-state index in [1.54, 1.807) is 13.0 Å². The van der Waals surface area contributed by atoms with Crippen LogP contribution in [-0.4, -0.2) is 11.1 Å². The molecule has 0 bridgehead atoms. The summed E-state index contributed by atoms with van der Waals surface area (Å²) in [6.07, 6.45) is 0. The van der Waals surface area contributed by atoms with Crippen molar-refractivity contribution < 1.29 is 18.4 Å². The van der Waals surface area contributed by atoms with Crippen LogP contribution in [0.25, 0.3) is 0 Å². The molecule has 0 spiro atoms. The number of halogens is 2. The van der Waals surface area contributed by atoms with Crippen molar-refractivity contribution in [1.29, 1.82) is 0 Å². The molecular formula is C19H16ClFN2O3. The smallest absolute Gasteiger partial charge is 0.274 e. The van der Waals surface area contributed by atoms with E-state index < -0.39 is 0 Å². The molecule has 2 aromatic carbocycles. The minimum atomic E-state index is -0.389. The molecule has 0 unspecified atom stereocenters. The Morgan fingerprint density at radius 1 is 1.23 bits per heavy atom. The molecule has 26 heavy (non-hydrogen) atoms. The van der Waals surface area contributed by atoms with Gasteiger partial charge in [-0.15, -0.1) is 0 Å². The average molecular weight is 375 g/mol. The number of aromatic nitrogens is 1. The number of carbonyl (C=O) groups is 1. The first-order valence-corrected chi connectivity index (χ1v) is 8.27. The van der Waals surface area contributed by atoms with Crippen molar-refractivity contribution in [2.24, 2.45) is 0 Å². The molecule has 0 atom stereocenters. The van der Waals surface area contributed by atoms with Crippen LogP contribution < -0.4 is 10.1 Å². The maximum atomic E-state index is 12.9. The lowest BCUT2D eigenvalue weighted by molar-refractivity contribution is 0.0939. The van der Waals surface area contributed by atoms with E-state index in [2.05, 4.69) is 10.5 Å².